The fourth-order valence-electron chi connectivity index (χ4n) is 0.946. The summed E-state index contributed by atoms with van der Waals surface area (Å²) in [6.07, 6.45) is 0. The Labute approximate surface area is 96.5 Å². The molecule has 0 aromatic rings. The zero-order chi connectivity index (χ0) is 12.6. The highest BCUT2D eigenvalue weighted by Crippen LogP contribution is 1.86. The van der Waals surface area contributed by atoms with Crippen molar-refractivity contribution >= 4 is 12.0 Å². The van der Waals surface area contributed by atoms with E-state index < -0.39 is 5.97 Å². The summed E-state index contributed by atoms with van der Waals surface area (Å²) in [4.78, 5) is 25.9. The van der Waals surface area contributed by atoms with Gasteiger partial charge >= 0.3 is 12.0 Å². The smallest absolute Gasteiger partial charge is 0.325 e. The number of esters is 1. The number of amides is 2. The largest absolute Gasteiger partial charge is 0.465 e. The Kier molecular flexibility index (Phi) is 7.28. The lowest BCUT2D eigenvalue weighted by Crippen LogP contribution is -2.42. The molecular formula is C10H21N3O3. The molecule has 0 heterocycles. The molecule has 0 spiro atoms. The van der Waals surface area contributed by atoms with Gasteiger partial charge in [-0.25, -0.2) is 4.79 Å². The summed E-state index contributed by atoms with van der Waals surface area (Å²) in [6, 6.07) is -0.269. The van der Waals surface area contributed by atoms with Gasteiger partial charge in [0.25, 0.3) is 0 Å². The highest BCUT2D eigenvalue weighted by Gasteiger charge is 2.10. The van der Waals surface area contributed by atoms with Crippen molar-refractivity contribution in [1.82, 2.24) is 15.1 Å². The Balaban J connectivity index is 3.74. The van der Waals surface area contributed by atoms with Gasteiger partial charge in [0.15, 0.2) is 0 Å². The molecule has 0 unspecified atom stereocenters. The van der Waals surface area contributed by atoms with Crippen LogP contribution in [-0.2, 0) is 9.53 Å². The summed E-state index contributed by atoms with van der Waals surface area (Å²) >= 11 is 0. The minimum Gasteiger partial charge on any atom is -0.465 e. The molecule has 0 radical (unpaired) electrons. The van der Waals surface area contributed by atoms with Gasteiger partial charge in [-0.3, -0.25) is 4.79 Å². The quantitative estimate of drug-likeness (QED) is 0.640. The van der Waals surface area contributed by atoms with E-state index in [0.717, 1.165) is 6.54 Å². The van der Waals surface area contributed by atoms with Gasteiger partial charge < -0.3 is 19.9 Å². The molecule has 0 aromatic carbocycles. The summed E-state index contributed by atoms with van der Waals surface area (Å²) in [7, 11) is 5.55. The highest BCUT2D eigenvalue weighted by molar-refractivity contribution is 5.80. The first kappa shape index (κ1) is 14.7. The van der Waals surface area contributed by atoms with Crippen LogP contribution in [0, 0.1) is 0 Å². The number of hydrogen-bond donors (Lipinski definition) is 1. The Morgan fingerprint density at radius 2 is 1.81 bits per heavy atom. The van der Waals surface area contributed by atoms with Gasteiger partial charge in [0.2, 0.25) is 0 Å². The standard InChI is InChI=1S/C10H21N3O3/c1-5-16-9(14)8-11-10(15)13(4)7-6-12(2)3/h5-8H2,1-4H3,(H,11,15). The second-order valence-corrected chi connectivity index (χ2v) is 3.69. The first-order valence-corrected chi connectivity index (χ1v) is 5.26. The molecule has 16 heavy (non-hydrogen) atoms. The third-order valence-electron chi connectivity index (χ3n) is 1.92. The maximum absolute atomic E-state index is 11.5. The summed E-state index contributed by atoms with van der Waals surface area (Å²) in [5, 5.41) is 2.48. The van der Waals surface area contributed by atoms with Crippen molar-refractivity contribution in [3.05, 3.63) is 0 Å². The number of carbonyl (C=O) groups is 2. The summed E-state index contributed by atoms with van der Waals surface area (Å²) in [5.41, 5.74) is 0. The van der Waals surface area contributed by atoms with Crippen LogP contribution in [0.25, 0.3) is 0 Å². The minimum atomic E-state index is -0.420. The van der Waals surface area contributed by atoms with Gasteiger partial charge in [0.1, 0.15) is 6.54 Å². The Morgan fingerprint density at radius 3 is 2.31 bits per heavy atom. The topological polar surface area (TPSA) is 61.9 Å². The van der Waals surface area contributed by atoms with Gasteiger partial charge in [0.05, 0.1) is 6.61 Å². The van der Waals surface area contributed by atoms with Crippen LogP contribution in [-0.4, -0.2) is 69.2 Å². The van der Waals surface area contributed by atoms with Crippen LogP contribution < -0.4 is 5.32 Å². The van der Waals surface area contributed by atoms with Crippen LogP contribution in [0.4, 0.5) is 4.79 Å². The molecule has 0 bridgehead atoms. The SMILES string of the molecule is CCOC(=O)CNC(=O)N(C)CCN(C)C. The zero-order valence-corrected chi connectivity index (χ0v) is 10.4. The molecule has 0 aliphatic heterocycles. The van der Waals surface area contributed by atoms with E-state index in [1.165, 1.54) is 4.90 Å². The maximum atomic E-state index is 11.5. The third-order valence-corrected chi connectivity index (χ3v) is 1.92. The zero-order valence-electron chi connectivity index (χ0n) is 10.4. The van der Waals surface area contributed by atoms with E-state index in [4.69, 9.17) is 0 Å². The van der Waals surface area contributed by atoms with Crippen molar-refractivity contribution in [3.63, 3.8) is 0 Å². The fraction of sp³-hybridized carbons (Fsp3) is 0.800. The van der Waals surface area contributed by atoms with E-state index in [2.05, 4.69) is 10.1 Å². The predicted molar refractivity (Wildman–Crippen MR) is 61.2 cm³/mol. The normalized spacial score (nSPS) is 10.1. The van der Waals surface area contributed by atoms with E-state index in [-0.39, 0.29) is 12.6 Å². The molecular weight excluding hydrogens is 210 g/mol. The first-order valence-electron chi connectivity index (χ1n) is 5.26. The second kappa shape index (κ2) is 7.92. The lowest BCUT2D eigenvalue weighted by Gasteiger charge is -2.19. The van der Waals surface area contributed by atoms with Crippen molar-refractivity contribution < 1.29 is 14.3 Å². The lowest BCUT2D eigenvalue weighted by molar-refractivity contribution is -0.141. The number of carbonyl (C=O) groups excluding carboxylic acids is 2. The van der Waals surface area contributed by atoms with Crippen LogP contribution in [0.2, 0.25) is 0 Å². The number of rotatable bonds is 6. The molecule has 2 amide bonds. The van der Waals surface area contributed by atoms with Crippen molar-refractivity contribution in [3.8, 4) is 0 Å². The molecule has 0 fully saturated rings. The van der Waals surface area contributed by atoms with Crippen molar-refractivity contribution in [1.29, 1.82) is 0 Å². The molecule has 0 rings (SSSR count). The van der Waals surface area contributed by atoms with Crippen LogP contribution in [0.5, 0.6) is 0 Å². The molecule has 0 saturated heterocycles. The number of ether oxygens (including phenoxy) is 1. The Morgan fingerprint density at radius 1 is 1.19 bits per heavy atom. The van der Waals surface area contributed by atoms with Crippen molar-refractivity contribution in [2.45, 2.75) is 6.92 Å². The first-order chi connectivity index (χ1) is 7.47. The Bertz CT molecular complexity index is 231. The summed E-state index contributed by atoms with van der Waals surface area (Å²) in [6.45, 7) is 3.36. The van der Waals surface area contributed by atoms with Gasteiger partial charge in [-0.05, 0) is 21.0 Å². The van der Waals surface area contributed by atoms with Crippen molar-refractivity contribution in [2.75, 3.05) is 47.4 Å². The molecule has 0 aliphatic carbocycles. The van der Waals surface area contributed by atoms with Gasteiger partial charge in [0, 0.05) is 20.1 Å². The molecule has 0 saturated carbocycles. The Hall–Kier alpha value is -1.30. The molecule has 1 N–H and O–H groups in total. The summed E-state index contributed by atoms with van der Waals surface area (Å²) in [5.74, 6) is -0.420. The summed E-state index contributed by atoms with van der Waals surface area (Å²) < 4.78 is 4.69. The molecule has 6 heteroatoms. The van der Waals surface area contributed by atoms with E-state index in [1.807, 2.05) is 19.0 Å². The van der Waals surface area contributed by atoms with Crippen LogP contribution in [0.1, 0.15) is 6.92 Å². The third kappa shape index (κ3) is 7.05. The average molecular weight is 231 g/mol. The van der Waals surface area contributed by atoms with Crippen LogP contribution in [0.3, 0.4) is 0 Å². The van der Waals surface area contributed by atoms with E-state index >= 15 is 0 Å². The van der Waals surface area contributed by atoms with E-state index in [1.54, 1.807) is 14.0 Å². The molecule has 6 nitrogen and oxygen atoms in total. The monoisotopic (exact) mass is 231 g/mol. The number of hydrogen-bond acceptors (Lipinski definition) is 4. The van der Waals surface area contributed by atoms with Crippen LogP contribution >= 0.6 is 0 Å². The fourth-order valence-corrected chi connectivity index (χ4v) is 0.946. The van der Waals surface area contributed by atoms with Crippen molar-refractivity contribution in [2.24, 2.45) is 0 Å². The minimum absolute atomic E-state index is 0.0843. The molecule has 0 aromatic heterocycles. The predicted octanol–water partition coefficient (Wildman–Crippen LogP) is -0.247. The molecule has 0 aliphatic rings. The number of likely N-dealkylation sites (N-methyl/N-ethyl adjacent to an activating group) is 2. The van der Waals surface area contributed by atoms with Crippen LogP contribution in [0.15, 0.2) is 0 Å². The highest BCUT2D eigenvalue weighted by atomic mass is 16.5. The molecule has 94 valence electrons. The number of nitrogens with zero attached hydrogens (tertiary/aromatic N) is 2. The van der Waals surface area contributed by atoms with E-state index in [0.29, 0.717) is 13.2 Å². The average Bonchev–Trinajstić information content (AvgIpc) is 2.22. The lowest BCUT2D eigenvalue weighted by atomic mass is 10.5. The maximum Gasteiger partial charge on any atom is 0.325 e. The van der Waals surface area contributed by atoms with Gasteiger partial charge in [-0.1, -0.05) is 0 Å². The number of urea groups is 1. The van der Waals surface area contributed by atoms with Gasteiger partial charge in [-0.15, -0.1) is 0 Å². The second-order valence-electron chi connectivity index (χ2n) is 3.69. The number of nitrogens with one attached hydrogen (secondary N) is 1. The van der Waals surface area contributed by atoms with Gasteiger partial charge in [-0.2, -0.15) is 0 Å². The van der Waals surface area contributed by atoms with E-state index in [9.17, 15) is 9.59 Å². The molecule has 0 atom stereocenters.